The highest BCUT2D eigenvalue weighted by Gasteiger charge is 2.31. The Morgan fingerprint density at radius 3 is 2.48 bits per heavy atom. The Kier molecular flexibility index (Phi) is 5.28. The lowest BCUT2D eigenvalue weighted by molar-refractivity contribution is 0.0692. The van der Waals surface area contributed by atoms with Crippen molar-refractivity contribution < 1.29 is 13.2 Å². The minimum Gasteiger partial charge on any atom is -0.335 e. The van der Waals surface area contributed by atoms with Gasteiger partial charge in [0.05, 0.1) is 15.5 Å². The Labute approximate surface area is 174 Å². The molecule has 0 radical (unpaired) electrons. The lowest BCUT2D eigenvalue weighted by Gasteiger charge is -2.33. The summed E-state index contributed by atoms with van der Waals surface area (Å²) in [6.45, 7) is 5.06. The number of carbonyl (C=O) groups is 1. The number of benzene rings is 1. The molecule has 0 aliphatic carbocycles. The van der Waals surface area contributed by atoms with E-state index < -0.39 is 10.0 Å². The Morgan fingerprint density at radius 1 is 1.07 bits per heavy atom. The molecule has 0 saturated carbocycles. The van der Waals surface area contributed by atoms with E-state index in [1.54, 1.807) is 34.4 Å². The van der Waals surface area contributed by atoms with E-state index >= 15 is 0 Å². The van der Waals surface area contributed by atoms with Crippen molar-refractivity contribution in [3.63, 3.8) is 0 Å². The van der Waals surface area contributed by atoms with E-state index in [1.807, 2.05) is 37.4 Å². The van der Waals surface area contributed by atoms with E-state index in [-0.39, 0.29) is 19.0 Å². The number of carbonyl (C=O) groups excluding carboxylic acids is 1. The zero-order valence-corrected chi connectivity index (χ0v) is 17.9. The Hall–Kier alpha value is -2.49. The second-order valence-electron chi connectivity index (χ2n) is 7.09. The van der Waals surface area contributed by atoms with Crippen molar-refractivity contribution in [3.05, 3.63) is 58.6 Å². The highest BCUT2D eigenvalue weighted by atomic mass is 32.2. The van der Waals surface area contributed by atoms with Crippen molar-refractivity contribution in [1.29, 1.82) is 0 Å². The van der Waals surface area contributed by atoms with Crippen LogP contribution in [0.25, 0.3) is 10.6 Å². The van der Waals surface area contributed by atoms with Crippen LogP contribution in [-0.4, -0.2) is 59.9 Å². The minimum absolute atomic E-state index is 0.188. The van der Waals surface area contributed by atoms with Crippen molar-refractivity contribution in [2.24, 2.45) is 0 Å². The number of nitrogens with zero attached hydrogens (tertiary/aromatic N) is 3. The molecule has 1 amide bonds. The maximum Gasteiger partial charge on any atom is 0.274 e. The van der Waals surface area contributed by atoms with Gasteiger partial charge in [-0.2, -0.15) is 9.40 Å². The average Bonchev–Trinajstić information content (AvgIpc) is 3.41. The van der Waals surface area contributed by atoms with Gasteiger partial charge < -0.3 is 4.90 Å². The summed E-state index contributed by atoms with van der Waals surface area (Å²) in [5.74, 6) is -0.188. The number of hydrogen-bond donors (Lipinski definition) is 1. The van der Waals surface area contributed by atoms with E-state index in [0.29, 0.717) is 23.7 Å². The highest BCUT2D eigenvalue weighted by Crippen LogP contribution is 2.24. The van der Waals surface area contributed by atoms with Gasteiger partial charge >= 0.3 is 0 Å². The van der Waals surface area contributed by atoms with Crippen molar-refractivity contribution in [2.75, 3.05) is 26.2 Å². The highest BCUT2D eigenvalue weighted by molar-refractivity contribution is 7.89. The number of hydrogen-bond acceptors (Lipinski definition) is 5. The van der Waals surface area contributed by atoms with Gasteiger partial charge in [0.25, 0.3) is 5.91 Å². The molecule has 0 unspecified atom stereocenters. The number of amides is 1. The first-order valence-electron chi connectivity index (χ1n) is 9.32. The summed E-state index contributed by atoms with van der Waals surface area (Å²) in [4.78, 5) is 15.7. The molecule has 152 valence electrons. The molecule has 4 rings (SSSR count). The molecule has 0 atom stereocenters. The molecule has 1 aromatic carbocycles. The molecule has 1 aliphatic rings. The zero-order chi connectivity index (χ0) is 20.6. The van der Waals surface area contributed by atoms with Gasteiger partial charge in [0.2, 0.25) is 10.0 Å². The first kappa shape index (κ1) is 19.8. The smallest absolute Gasteiger partial charge is 0.274 e. The molecule has 3 heterocycles. The molecule has 1 aliphatic heterocycles. The van der Waals surface area contributed by atoms with Gasteiger partial charge in [-0.3, -0.25) is 9.89 Å². The fourth-order valence-corrected chi connectivity index (χ4v) is 5.51. The number of thiophene rings is 1. The summed E-state index contributed by atoms with van der Waals surface area (Å²) >= 11 is 1.57. The van der Waals surface area contributed by atoms with Gasteiger partial charge in [0, 0.05) is 26.2 Å². The molecular weight excluding hydrogens is 408 g/mol. The summed E-state index contributed by atoms with van der Waals surface area (Å²) < 4.78 is 27.3. The topological polar surface area (TPSA) is 86.4 Å². The van der Waals surface area contributed by atoms with Crippen molar-refractivity contribution in [1.82, 2.24) is 19.4 Å². The van der Waals surface area contributed by atoms with Gasteiger partial charge in [-0.05, 0) is 54.6 Å². The Balaban J connectivity index is 1.43. The van der Waals surface area contributed by atoms with Crippen LogP contribution >= 0.6 is 11.3 Å². The van der Waals surface area contributed by atoms with E-state index in [9.17, 15) is 13.2 Å². The van der Waals surface area contributed by atoms with Crippen LogP contribution in [0, 0.1) is 13.8 Å². The summed E-state index contributed by atoms with van der Waals surface area (Å²) in [6.07, 6.45) is 0. The summed E-state index contributed by atoms with van der Waals surface area (Å²) in [6, 6.07) is 10.8. The zero-order valence-electron chi connectivity index (χ0n) is 16.3. The first-order valence-corrected chi connectivity index (χ1v) is 11.6. The molecule has 7 nitrogen and oxygen atoms in total. The number of piperazine rings is 1. The number of aryl methyl sites for hydroxylation is 2. The van der Waals surface area contributed by atoms with Crippen molar-refractivity contribution in [3.8, 4) is 10.6 Å². The fourth-order valence-electron chi connectivity index (χ4n) is 3.31. The van der Waals surface area contributed by atoms with Crippen molar-refractivity contribution in [2.45, 2.75) is 18.7 Å². The summed E-state index contributed by atoms with van der Waals surface area (Å²) in [5.41, 5.74) is 3.15. The maximum atomic E-state index is 12.9. The van der Waals surface area contributed by atoms with Crippen LogP contribution in [-0.2, 0) is 10.0 Å². The van der Waals surface area contributed by atoms with E-state index in [2.05, 4.69) is 10.2 Å². The second kappa shape index (κ2) is 7.74. The van der Waals surface area contributed by atoms with Crippen LogP contribution in [0.15, 0.2) is 46.7 Å². The lowest BCUT2D eigenvalue weighted by atomic mass is 10.1. The SMILES string of the molecule is Cc1ccc(S(=O)(=O)N2CCN(C(=O)c3cc(-c4cccs4)[nH]n3)CC2)cc1C. The second-order valence-corrected chi connectivity index (χ2v) is 9.97. The quantitative estimate of drug-likeness (QED) is 0.690. The van der Waals surface area contributed by atoms with Gasteiger partial charge in [0.15, 0.2) is 5.69 Å². The van der Waals surface area contributed by atoms with Crippen LogP contribution < -0.4 is 0 Å². The molecule has 0 spiro atoms. The average molecular weight is 431 g/mol. The Bertz CT molecular complexity index is 1130. The number of rotatable bonds is 4. The molecule has 3 aromatic rings. The van der Waals surface area contributed by atoms with Crippen molar-refractivity contribution >= 4 is 27.3 Å². The maximum absolute atomic E-state index is 12.9. The molecule has 29 heavy (non-hydrogen) atoms. The van der Waals surface area contributed by atoms with E-state index in [4.69, 9.17) is 0 Å². The van der Waals surface area contributed by atoms with E-state index in [0.717, 1.165) is 21.7 Å². The lowest BCUT2D eigenvalue weighted by Crippen LogP contribution is -2.50. The molecule has 2 aromatic heterocycles. The summed E-state index contributed by atoms with van der Waals surface area (Å²) in [7, 11) is -3.57. The molecule has 0 bridgehead atoms. The molecule has 1 fully saturated rings. The van der Waals surface area contributed by atoms with Crippen LogP contribution in [0.2, 0.25) is 0 Å². The predicted octanol–water partition coefficient (Wildman–Crippen LogP) is 2.90. The first-order chi connectivity index (χ1) is 13.9. The van der Waals surface area contributed by atoms with Gasteiger partial charge in [0.1, 0.15) is 0 Å². The monoisotopic (exact) mass is 430 g/mol. The largest absolute Gasteiger partial charge is 0.335 e. The molecule has 9 heteroatoms. The normalized spacial score (nSPS) is 15.6. The molecule has 1 saturated heterocycles. The van der Waals surface area contributed by atoms with Crippen LogP contribution in [0.5, 0.6) is 0 Å². The third-order valence-electron chi connectivity index (χ3n) is 5.23. The predicted molar refractivity (Wildman–Crippen MR) is 112 cm³/mol. The summed E-state index contributed by atoms with van der Waals surface area (Å²) in [5, 5.41) is 9.00. The van der Waals surface area contributed by atoms with Gasteiger partial charge in [-0.25, -0.2) is 8.42 Å². The number of aromatic nitrogens is 2. The van der Waals surface area contributed by atoms with Crippen LogP contribution in [0.1, 0.15) is 21.6 Å². The third kappa shape index (κ3) is 3.85. The van der Waals surface area contributed by atoms with Crippen LogP contribution in [0.3, 0.4) is 0 Å². The number of sulfonamides is 1. The van der Waals surface area contributed by atoms with E-state index in [1.165, 1.54) is 4.31 Å². The third-order valence-corrected chi connectivity index (χ3v) is 8.02. The standard InChI is InChI=1S/C20H22N4O3S2/c1-14-5-6-16(12-15(14)2)29(26,27)24-9-7-23(8-10-24)20(25)18-13-17(21-22-18)19-4-3-11-28-19/h3-6,11-13H,7-10H2,1-2H3,(H,21,22). The minimum atomic E-state index is -3.57. The molecular formula is C20H22N4O3S2. The fraction of sp³-hybridized carbons (Fsp3) is 0.300. The molecule has 1 N–H and O–H groups in total. The Morgan fingerprint density at radius 2 is 1.83 bits per heavy atom. The van der Waals surface area contributed by atoms with Gasteiger partial charge in [-0.15, -0.1) is 11.3 Å². The van der Waals surface area contributed by atoms with Gasteiger partial charge in [-0.1, -0.05) is 12.1 Å². The number of nitrogens with one attached hydrogen (secondary N) is 1. The number of H-pyrrole nitrogens is 1. The number of aromatic amines is 1. The van der Waals surface area contributed by atoms with Crippen LogP contribution in [0.4, 0.5) is 0 Å².